The molecule has 0 amide bonds. The van der Waals surface area contributed by atoms with E-state index in [1.807, 2.05) is 0 Å². The summed E-state index contributed by atoms with van der Waals surface area (Å²) >= 11 is 0. The summed E-state index contributed by atoms with van der Waals surface area (Å²) in [4.78, 5) is 22.7. The molecule has 21 heavy (non-hydrogen) atoms. The molecule has 0 radical (unpaired) electrons. The molecular weight excluding hydrogens is 291 g/mol. The molecular formula is C13H18F3NO4. The predicted octanol–water partition coefficient (Wildman–Crippen LogP) is 2.01. The third-order valence-electron chi connectivity index (χ3n) is 3.01. The van der Waals surface area contributed by atoms with Crippen LogP contribution in [0.15, 0.2) is 11.1 Å². The van der Waals surface area contributed by atoms with Gasteiger partial charge in [-0.05, 0) is 39.2 Å². The van der Waals surface area contributed by atoms with E-state index in [1.165, 1.54) is 20.8 Å². The van der Waals surface area contributed by atoms with Crippen LogP contribution in [-0.2, 0) is 14.3 Å². The Balaban J connectivity index is 3.23. The summed E-state index contributed by atoms with van der Waals surface area (Å²) in [5.41, 5.74) is 2.61. The van der Waals surface area contributed by atoms with Gasteiger partial charge in [0.25, 0.3) is 0 Å². The highest BCUT2D eigenvalue weighted by Crippen LogP contribution is 2.39. The highest BCUT2D eigenvalue weighted by molar-refractivity contribution is 5.91. The largest absolute Gasteiger partial charge is 0.481 e. The molecule has 0 aliphatic heterocycles. The van der Waals surface area contributed by atoms with E-state index in [0.29, 0.717) is 0 Å². The first kappa shape index (κ1) is 17.5. The second-order valence-corrected chi connectivity index (χ2v) is 5.98. The molecule has 1 saturated carbocycles. The van der Waals surface area contributed by atoms with Crippen LogP contribution in [0.3, 0.4) is 0 Å². The molecule has 120 valence electrons. The lowest BCUT2D eigenvalue weighted by Crippen LogP contribution is -2.33. The summed E-state index contributed by atoms with van der Waals surface area (Å²) in [7, 11) is 0. The van der Waals surface area contributed by atoms with Crippen LogP contribution in [0.2, 0.25) is 0 Å². The summed E-state index contributed by atoms with van der Waals surface area (Å²) in [5, 5.41) is 8.88. The van der Waals surface area contributed by atoms with Crippen LogP contribution in [0.5, 0.6) is 0 Å². The molecule has 2 atom stereocenters. The normalized spacial score (nSPS) is 25.7. The lowest BCUT2D eigenvalue weighted by atomic mass is 10.0. The van der Waals surface area contributed by atoms with Gasteiger partial charge in [0, 0.05) is 6.04 Å². The Morgan fingerprint density at radius 3 is 2.14 bits per heavy atom. The zero-order valence-corrected chi connectivity index (χ0v) is 12.0. The number of alkyl halides is 3. The van der Waals surface area contributed by atoms with E-state index in [0.717, 1.165) is 0 Å². The second kappa shape index (κ2) is 5.67. The van der Waals surface area contributed by atoms with Gasteiger partial charge in [-0.25, -0.2) is 4.79 Å². The van der Waals surface area contributed by atoms with Crippen LogP contribution in [-0.4, -0.2) is 34.9 Å². The molecule has 1 rings (SSSR count). The first-order valence-electron chi connectivity index (χ1n) is 6.35. The minimum absolute atomic E-state index is 0.132. The Kier molecular flexibility index (Phi) is 4.72. The van der Waals surface area contributed by atoms with Crippen molar-refractivity contribution < 1.29 is 32.6 Å². The molecule has 0 aromatic heterocycles. The molecule has 0 aromatic carbocycles. The van der Waals surface area contributed by atoms with Gasteiger partial charge in [-0.1, -0.05) is 0 Å². The molecule has 1 fully saturated rings. The van der Waals surface area contributed by atoms with Gasteiger partial charge < -0.3 is 15.6 Å². The Morgan fingerprint density at radius 1 is 1.29 bits per heavy atom. The van der Waals surface area contributed by atoms with E-state index in [-0.39, 0.29) is 6.42 Å². The van der Waals surface area contributed by atoms with Crippen LogP contribution < -0.4 is 5.73 Å². The summed E-state index contributed by atoms with van der Waals surface area (Å²) in [6.45, 7) is 4.33. The van der Waals surface area contributed by atoms with Gasteiger partial charge in [0.2, 0.25) is 0 Å². The number of carbonyl (C=O) groups excluding carboxylic acids is 1. The van der Waals surface area contributed by atoms with Crippen LogP contribution in [0.4, 0.5) is 13.2 Å². The number of nitrogens with two attached hydrogens (primary N) is 1. The van der Waals surface area contributed by atoms with Crippen molar-refractivity contribution in [2.75, 3.05) is 0 Å². The van der Waals surface area contributed by atoms with Crippen molar-refractivity contribution >= 4 is 11.9 Å². The fraction of sp³-hybridized carbons (Fsp3) is 0.692. The molecule has 1 aliphatic carbocycles. The van der Waals surface area contributed by atoms with E-state index < -0.39 is 53.2 Å². The standard InChI is InChI=1S/C13H18F3NO4/c1-12(2,3)21-11(20)9(13(14,15)16)7-4-6(10(18)19)5-8(7)17/h6,8H,4-5,17H2,1-3H3,(H,18,19)/b9-7-/t6-,8-/m0/s1. The number of esters is 1. The number of hydrogen-bond donors (Lipinski definition) is 2. The molecule has 0 spiro atoms. The summed E-state index contributed by atoms with van der Waals surface area (Å²) in [5.74, 6) is -3.77. The summed E-state index contributed by atoms with van der Waals surface area (Å²) in [6, 6.07) is -1.12. The third-order valence-corrected chi connectivity index (χ3v) is 3.01. The lowest BCUT2D eigenvalue weighted by molar-refractivity contribution is -0.161. The number of carboxylic acids is 1. The Morgan fingerprint density at radius 2 is 1.81 bits per heavy atom. The molecule has 8 heteroatoms. The van der Waals surface area contributed by atoms with Gasteiger partial charge in [-0.2, -0.15) is 13.2 Å². The summed E-state index contributed by atoms with van der Waals surface area (Å²) < 4.78 is 44.2. The topological polar surface area (TPSA) is 89.6 Å². The first-order valence-corrected chi connectivity index (χ1v) is 6.35. The zero-order chi connectivity index (χ0) is 16.6. The highest BCUT2D eigenvalue weighted by Gasteiger charge is 2.47. The van der Waals surface area contributed by atoms with Crippen molar-refractivity contribution in [2.24, 2.45) is 11.7 Å². The number of carboxylic acid groups (broad SMARTS) is 1. The number of rotatable bonds is 2. The van der Waals surface area contributed by atoms with Gasteiger partial charge in [0.15, 0.2) is 0 Å². The van der Waals surface area contributed by atoms with E-state index in [2.05, 4.69) is 0 Å². The second-order valence-electron chi connectivity index (χ2n) is 5.98. The van der Waals surface area contributed by atoms with Gasteiger partial charge in [-0.3, -0.25) is 4.79 Å². The van der Waals surface area contributed by atoms with Gasteiger partial charge in [0.1, 0.15) is 11.2 Å². The van der Waals surface area contributed by atoms with Crippen molar-refractivity contribution in [3.63, 3.8) is 0 Å². The number of aliphatic carboxylic acids is 1. The molecule has 5 nitrogen and oxygen atoms in total. The van der Waals surface area contributed by atoms with Crippen molar-refractivity contribution in [2.45, 2.75) is 51.4 Å². The van der Waals surface area contributed by atoms with Crippen LogP contribution in [0, 0.1) is 5.92 Å². The Bertz CT molecular complexity index is 477. The predicted molar refractivity (Wildman–Crippen MR) is 67.3 cm³/mol. The van der Waals surface area contributed by atoms with Crippen molar-refractivity contribution in [1.82, 2.24) is 0 Å². The Labute approximate surface area is 119 Å². The third kappa shape index (κ3) is 4.45. The van der Waals surface area contributed by atoms with Crippen LogP contribution in [0.1, 0.15) is 33.6 Å². The number of hydrogen-bond acceptors (Lipinski definition) is 4. The van der Waals surface area contributed by atoms with Crippen LogP contribution in [0.25, 0.3) is 0 Å². The van der Waals surface area contributed by atoms with E-state index >= 15 is 0 Å². The van der Waals surface area contributed by atoms with Gasteiger partial charge in [0.05, 0.1) is 5.92 Å². The minimum atomic E-state index is -4.94. The van der Waals surface area contributed by atoms with E-state index in [9.17, 15) is 22.8 Å². The summed E-state index contributed by atoms with van der Waals surface area (Å²) in [6.07, 6.45) is -5.47. The molecule has 0 unspecified atom stereocenters. The molecule has 3 N–H and O–H groups in total. The van der Waals surface area contributed by atoms with Gasteiger partial charge >= 0.3 is 18.1 Å². The number of halogens is 3. The maximum atomic E-state index is 13.1. The van der Waals surface area contributed by atoms with Crippen LogP contribution >= 0.6 is 0 Å². The molecule has 1 aliphatic rings. The van der Waals surface area contributed by atoms with Crippen molar-refractivity contribution in [1.29, 1.82) is 0 Å². The lowest BCUT2D eigenvalue weighted by Gasteiger charge is -2.23. The average molecular weight is 309 g/mol. The highest BCUT2D eigenvalue weighted by atomic mass is 19.4. The monoisotopic (exact) mass is 309 g/mol. The zero-order valence-electron chi connectivity index (χ0n) is 12.0. The minimum Gasteiger partial charge on any atom is -0.481 e. The number of carbonyl (C=O) groups is 2. The molecule has 0 bridgehead atoms. The van der Waals surface area contributed by atoms with Crippen molar-refractivity contribution in [3.8, 4) is 0 Å². The molecule has 0 aromatic rings. The average Bonchev–Trinajstić information content (AvgIpc) is 2.56. The van der Waals surface area contributed by atoms with E-state index in [1.54, 1.807) is 0 Å². The number of ether oxygens (including phenoxy) is 1. The van der Waals surface area contributed by atoms with Crippen molar-refractivity contribution in [3.05, 3.63) is 11.1 Å². The first-order chi connectivity index (χ1) is 9.33. The maximum absolute atomic E-state index is 13.1. The molecule has 0 heterocycles. The smallest absolute Gasteiger partial charge is 0.423 e. The fourth-order valence-corrected chi connectivity index (χ4v) is 2.18. The molecule has 0 saturated heterocycles. The van der Waals surface area contributed by atoms with E-state index in [4.69, 9.17) is 15.6 Å². The quantitative estimate of drug-likeness (QED) is 0.601. The van der Waals surface area contributed by atoms with Gasteiger partial charge in [-0.15, -0.1) is 0 Å². The SMILES string of the molecule is CC(C)(C)OC(=O)/C(=C1\C[C@H](C(=O)O)C[C@@H]1N)C(F)(F)F. The fourth-order valence-electron chi connectivity index (χ4n) is 2.18. The maximum Gasteiger partial charge on any atom is 0.423 e. The Hall–Kier alpha value is -1.57.